The van der Waals surface area contributed by atoms with Crippen LogP contribution in [-0.4, -0.2) is 5.91 Å². The van der Waals surface area contributed by atoms with Gasteiger partial charge in [0, 0.05) is 40.7 Å². The van der Waals surface area contributed by atoms with E-state index < -0.39 is 11.6 Å². The van der Waals surface area contributed by atoms with Crippen molar-refractivity contribution in [2.45, 2.75) is 13.5 Å². The number of hydrogen-bond acceptors (Lipinski definition) is 1. The van der Waals surface area contributed by atoms with Crippen molar-refractivity contribution in [3.8, 4) is 0 Å². The van der Waals surface area contributed by atoms with Crippen molar-refractivity contribution < 1.29 is 35.3 Å². The van der Waals surface area contributed by atoms with Gasteiger partial charge in [0.05, 0.1) is 6.07 Å². The van der Waals surface area contributed by atoms with E-state index in [4.69, 9.17) is 0 Å². The Morgan fingerprint density at radius 2 is 2.14 bits per heavy atom. The van der Waals surface area contributed by atoms with E-state index in [1.54, 1.807) is 0 Å². The van der Waals surface area contributed by atoms with Gasteiger partial charge in [-0.05, 0) is 6.07 Å². The molecule has 5 heteroatoms. The molecule has 1 aromatic rings. The molecule has 0 bridgehead atoms. The van der Waals surface area contributed by atoms with E-state index in [9.17, 15) is 13.6 Å². The zero-order chi connectivity index (χ0) is 9.84. The molecule has 73 valence electrons. The monoisotopic (exact) mass is 232 g/mol. The summed E-state index contributed by atoms with van der Waals surface area (Å²) in [5.74, 6) is -1.78. The molecule has 1 radical (unpaired) electrons. The van der Waals surface area contributed by atoms with E-state index in [0.29, 0.717) is 0 Å². The number of carbonyl (C=O) groups excluding carboxylic acids is 1. The molecule has 14 heavy (non-hydrogen) atoms. The summed E-state index contributed by atoms with van der Waals surface area (Å²) in [6, 6.07) is 4.25. The molecular weight excluding hydrogens is 224 g/mol. The largest absolute Gasteiger partial charge is 0.352 e. The second kappa shape index (κ2) is 5.88. The van der Waals surface area contributed by atoms with Gasteiger partial charge in [0.1, 0.15) is 11.6 Å². The van der Waals surface area contributed by atoms with Gasteiger partial charge in [-0.1, -0.05) is 6.07 Å². The van der Waals surface area contributed by atoms with E-state index in [2.05, 4.69) is 5.32 Å². The van der Waals surface area contributed by atoms with Crippen LogP contribution in [0.2, 0.25) is 0 Å². The van der Waals surface area contributed by atoms with Crippen LogP contribution >= 0.6 is 0 Å². The Morgan fingerprint density at radius 3 is 2.64 bits per heavy atom. The molecule has 0 unspecified atom stereocenters. The predicted octanol–water partition coefficient (Wildman–Crippen LogP) is 1.40. The molecule has 0 aromatic heterocycles. The third-order valence-electron chi connectivity index (χ3n) is 1.47. The minimum atomic E-state index is -0.770. The molecule has 2 nitrogen and oxygen atoms in total. The van der Waals surface area contributed by atoms with Gasteiger partial charge in [-0.2, -0.15) is 0 Å². The smallest absolute Gasteiger partial charge is 0.217 e. The molecular formula is C9H8F2NOTi. The van der Waals surface area contributed by atoms with Gasteiger partial charge in [-0.15, -0.1) is 0 Å². The molecule has 0 saturated carbocycles. The molecule has 0 fully saturated rings. The van der Waals surface area contributed by atoms with Crippen LogP contribution in [0.25, 0.3) is 0 Å². The van der Waals surface area contributed by atoms with E-state index >= 15 is 0 Å². The van der Waals surface area contributed by atoms with Crippen LogP contribution < -0.4 is 5.32 Å². The van der Waals surface area contributed by atoms with Crippen LogP contribution in [0.15, 0.2) is 12.1 Å². The molecule has 0 saturated heterocycles. The van der Waals surface area contributed by atoms with Crippen LogP contribution in [-0.2, 0) is 33.1 Å². The van der Waals surface area contributed by atoms with E-state index in [0.717, 1.165) is 6.07 Å². The van der Waals surface area contributed by atoms with Gasteiger partial charge in [0.2, 0.25) is 5.91 Å². The van der Waals surface area contributed by atoms with Gasteiger partial charge in [0.15, 0.2) is 0 Å². The molecule has 0 spiro atoms. The third kappa shape index (κ3) is 3.98. The number of rotatable bonds is 2. The van der Waals surface area contributed by atoms with Gasteiger partial charge >= 0.3 is 0 Å². The fourth-order valence-corrected chi connectivity index (χ4v) is 0.830. The summed E-state index contributed by atoms with van der Waals surface area (Å²) in [5, 5.41) is 2.40. The summed E-state index contributed by atoms with van der Waals surface area (Å²) in [7, 11) is 0. The summed E-state index contributed by atoms with van der Waals surface area (Å²) >= 11 is 0. The second-order valence-corrected chi connectivity index (χ2v) is 2.56. The number of amides is 1. The van der Waals surface area contributed by atoms with E-state index in [-0.39, 0.29) is 39.7 Å². The average molecular weight is 232 g/mol. The Kier molecular flexibility index (Phi) is 5.57. The second-order valence-electron chi connectivity index (χ2n) is 2.56. The minimum Gasteiger partial charge on any atom is -0.352 e. The number of nitrogens with one attached hydrogen (secondary N) is 1. The molecule has 1 amide bonds. The molecule has 1 aromatic carbocycles. The van der Waals surface area contributed by atoms with Crippen LogP contribution in [0.3, 0.4) is 0 Å². The van der Waals surface area contributed by atoms with Crippen molar-refractivity contribution in [3.63, 3.8) is 0 Å². The van der Waals surface area contributed by atoms with Crippen molar-refractivity contribution in [1.29, 1.82) is 0 Å². The first-order valence-corrected chi connectivity index (χ1v) is 3.70. The van der Waals surface area contributed by atoms with Crippen LogP contribution in [0, 0.1) is 17.7 Å². The molecule has 0 heterocycles. The van der Waals surface area contributed by atoms with E-state index in [1.807, 2.05) is 6.07 Å². The number of carbonyl (C=O) groups is 1. The van der Waals surface area contributed by atoms with Gasteiger partial charge in [-0.3, -0.25) is 4.79 Å². The Balaban J connectivity index is 0.00000169. The third-order valence-corrected chi connectivity index (χ3v) is 1.47. The molecule has 0 atom stereocenters. The van der Waals surface area contributed by atoms with Crippen molar-refractivity contribution >= 4 is 5.91 Å². The Morgan fingerprint density at radius 1 is 1.50 bits per heavy atom. The minimum absolute atomic E-state index is 0. The standard InChI is InChI=1S/C9H8F2NO.Ti/c1-6(13)12-5-7-2-3-8(10)4-9(7)11;/h2-3H,5H2,1H3,(H,12,13);. The maximum atomic E-state index is 12.9. The first-order valence-electron chi connectivity index (χ1n) is 3.70. The zero-order valence-corrected chi connectivity index (χ0v) is 9.09. The first kappa shape index (κ1) is 13.3. The van der Waals surface area contributed by atoms with Gasteiger partial charge in [0.25, 0.3) is 0 Å². The summed E-state index contributed by atoms with van der Waals surface area (Å²) in [6.45, 7) is 1.38. The Hall–Kier alpha value is -0.736. The van der Waals surface area contributed by atoms with Crippen molar-refractivity contribution in [2.75, 3.05) is 0 Å². The van der Waals surface area contributed by atoms with E-state index in [1.165, 1.54) is 13.0 Å². The Bertz CT molecular complexity index is 331. The summed E-state index contributed by atoms with van der Waals surface area (Å²) in [4.78, 5) is 10.5. The maximum absolute atomic E-state index is 12.9. The summed E-state index contributed by atoms with van der Waals surface area (Å²) in [5.41, 5.74) is 0.219. The topological polar surface area (TPSA) is 29.1 Å². The number of benzene rings is 1. The summed E-state index contributed by atoms with van der Waals surface area (Å²) in [6.07, 6.45) is 0. The molecule has 0 aliphatic heterocycles. The predicted molar refractivity (Wildman–Crippen MR) is 42.7 cm³/mol. The first-order chi connectivity index (χ1) is 6.09. The van der Waals surface area contributed by atoms with Crippen molar-refractivity contribution in [3.05, 3.63) is 35.4 Å². The van der Waals surface area contributed by atoms with Crippen LogP contribution in [0.5, 0.6) is 0 Å². The maximum Gasteiger partial charge on any atom is 0.217 e. The van der Waals surface area contributed by atoms with Crippen molar-refractivity contribution in [2.24, 2.45) is 0 Å². The van der Waals surface area contributed by atoms with Crippen LogP contribution in [0.4, 0.5) is 8.78 Å². The Labute approximate surface area is 95.6 Å². The van der Waals surface area contributed by atoms with Gasteiger partial charge < -0.3 is 5.32 Å². The molecule has 1 rings (SSSR count). The fraction of sp³-hybridized carbons (Fsp3) is 0.222. The van der Waals surface area contributed by atoms with Crippen LogP contribution in [0.1, 0.15) is 12.5 Å². The number of halogens is 2. The molecule has 0 aliphatic carbocycles. The average Bonchev–Trinajstić information content (AvgIpc) is 2.02. The molecule has 1 N–H and O–H groups in total. The zero-order valence-electron chi connectivity index (χ0n) is 7.53. The normalized spacial score (nSPS) is 9.07. The van der Waals surface area contributed by atoms with Gasteiger partial charge in [-0.25, -0.2) is 8.78 Å². The molecule has 0 aliphatic rings. The SMILES string of the molecule is CC(=O)NCc1ccc(F)[c]c1F.[Ti]. The summed E-state index contributed by atoms with van der Waals surface area (Å²) < 4.78 is 25.2. The quantitative estimate of drug-likeness (QED) is 0.767. The fourth-order valence-electron chi connectivity index (χ4n) is 0.830. The van der Waals surface area contributed by atoms with Crippen molar-refractivity contribution in [1.82, 2.24) is 5.32 Å². The number of hydrogen-bond donors (Lipinski definition) is 1.